The molecule has 0 saturated heterocycles. The zero-order valence-corrected chi connectivity index (χ0v) is 14.4. The van der Waals surface area contributed by atoms with Gasteiger partial charge in [0.1, 0.15) is 5.75 Å². The summed E-state index contributed by atoms with van der Waals surface area (Å²) in [4.78, 5) is 0. The topological polar surface area (TPSA) is 65.0 Å². The molecule has 1 unspecified atom stereocenters. The van der Waals surface area contributed by atoms with Gasteiger partial charge in [-0.2, -0.15) is 0 Å². The van der Waals surface area contributed by atoms with Crippen LogP contribution in [0.1, 0.15) is 31.7 Å². The number of hydrogen-bond acceptors (Lipinski definition) is 5. The largest absolute Gasteiger partial charge is 0.497 e. The normalized spacial score (nSPS) is 13.9. The van der Waals surface area contributed by atoms with Gasteiger partial charge >= 0.3 is 7.60 Å². The Morgan fingerprint density at radius 3 is 2.23 bits per heavy atom. The summed E-state index contributed by atoms with van der Waals surface area (Å²) < 4.78 is 27.8. The molecular formula is C16H23O5P. The highest BCUT2D eigenvalue weighted by molar-refractivity contribution is 7.55. The van der Waals surface area contributed by atoms with Crippen LogP contribution in [0.3, 0.4) is 0 Å². The Kier molecular flexibility index (Phi) is 7.12. The van der Waals surface area contributed by atoms with E-state index in [2.05, 4.69) is 11.8 Å². The summed E-state index contributed by atoms with van der Waals surface area (Å²) in [5.41, 5.74) is 0.337. The fourth-order valence-electron chi connectivity index (χ4n) is 1.91. The van der Waals surface area contributed by atoms with E-state index in [1.54, 1.807) is 31.4 Å². The summed E-state index contributed by atoms with van der Waals surface area (Å²) in [5, 5.41) is 8.92. The molecule has 0 amide bonds. The Balaban J connectivity index is 3.30. The number of rotatable bonds is 7. The minimum atomic E-state index is -3.86. The van der Waals surface area contributed by atoms with Gasteiger partial charge in [0, 0.05) is 26.2 Å². The zero-order chi connectivity index (χ0) is 16.6. The van der Waals surface area contributed by atoms with Crippen LogP contribution in [0, 0.1) is 11.8 Å². The molecule has 6 heteroatoms. The lowest BCUT2D eigenvalue weighted by molar-refractivity contribution is 0.125. The first-order chi connectivity index (χ1) is 10.5. The van der Waals surface area contributed by atoms with Crippen LogP contribution in [-0.2, 0) is 19.0 Å². The van der Waals surface area contributed by atoms with Gasteiger partial charge in [-0.1, -0.05) is 37.3 Å². The smallest absolute Gasteiger partial charge is 0.378 e. The molecule has 5 nitrogen and oxygen atoms in total. The van der Waals surface area contributed by atoms with Gasteiger partial charge in [0.15, 0.2) is 0 Å². The van der Waals surface area contributed by atoms with E-state index >= 15 is 0 Å². The third-order valence-corrected chi connectivity index (χ3v) is 5.41. The number of unbranched alkanes of at least 4 members (excludes halogenated alkanes) is 2. The van der Waals surface area contributed by atoms with E-state index in [0.717, 1.165) is 12.8 Å². The number of ether oxygens (including phenoxy) is 1. The van der Waals surface area contributed by atoms with Crippen LogP contribution in [0.4, 0.5) is 0 Å². The highest BCUT2D eigenvalue weighted by atomic mass is 31.2. The molecule has 0 aromatic heterocycles. The van der Waals surface area contributed by atoms with Crippen LogP contribution < -0.4 is 4.74 Å². The molecule has 0 aliphatic carbocycles. The molecule has 22 heavy (non-hydrogen) atoms. The molecule has 0 spiro atoms. The minimum absolute atomic E-state index is 0.337. The van der Waals surface area contributed by atoms with Crippen molar-refractivity contribution >= 4 is 7.60 Å². The Morgan fingerprint density at radius 1 is 1.18 bits per heavy atom. The quantitative estimate of drug-likeness (QED) is 0.472. The highest BCUT2D eigenvalue weighted by Gasteiger charge is 2.49. The van der Waals surface area contributed by atoms with Crippen molar-refractivity contribution < 1.29 is 23.5 Å². The van der Waals surface area contributed by atoms with Gasteiger partial charge in [-0.25, -0.2) is 0 Å². The van der Waals surface area contributed by atoms with Crippen LogP contribution in [0.5, 0.6) is 5.75 Å². The highest BCUT2D eigenvalue weighted by Crippen LogP contribution is 2.62. The molecular weight excluding hydrogens is 303 g/mol. The van der Waals surface area contributed by atoms with E-state index in [0.29, 0.717) is 17.7 Å². The van der Waals surface area contributed by atoms with Crippen LogP contribution in [0.2, 0.25) is 0 Å². The summed E-state index contributed by atoms with van der Waals surface area (Å²) in [6, 6.07) is 6.50. The van der Waals surface area contributed by atoms with Crippen LogP contribution in [-0.4, -0.2) is 26.4 Å². The summed E-state index contributed by atoms with van der Waals surface area (Å²) in [5.74, 6) is 6.16. The second kappa shape index (κ2) is 8.36. The van der Waals surface area contributed by atoms with Gasteiger partial charge in [0.05, 0.1) is 7.11 Å². The number of methoxy groups -OCH3 is 1. The first-order valence-corrected chi connectivity index (χ1v) is 8.60. The second-order valence-corrected chi connectivity index (χ2v) is 7.04. The molecule has 0 fully saturated rings. The Hall–Kier alpha value is -1.31. The van der Waals surface area contributed by atoms with E-state index in [1.807, 2.05) is 6.92 Å². The van der Waals surface area contributed by atoms with E-state index in [-0.39, 0.29) is 0 Å². The van der Waals surface area contributed by atoms with Gasteiger partial charge in [-0.15, -0.1) is 0 Å². The molecule has 0 radical (unpaired) electrons. The summed E-state index contributed by atoms with van der Waals surface area (Å²) in [7, 11) is 0.144. The van der Waals surface area contributed by atoms with Crippen LogP contribution in [0.25, 0.3) is 0 Å². The van der Waals surface area contributed by atoms with Crippen LogP contribution >= 0.6 is 7.60 Å². The molecule has 1 N–H and O–H groups in total. The first kappa shape index (κ1) is 18.7. The first-order valence-electron chi connectivity index (χ1n) is 7.06. The summed E-state index contributed by atoms with van der Waals surface area (Å²) in [6.07, 6.45) is 2.49. The number of aliphatic hydroxyl groups is 1. The molecule has 122 valence electrons. The molecule has 0 saturated carbocycles. The lowest BCUT2D eigenvalue weighted by atomic mass is 10.1. The van der Waals surface area contributed by atoms with Gasteiger partial charge in [-0.05, 0) is 18.6 Å². The predicted molar refractivity (Wildman–Crippen MR) is 85.8 cm³/mol. The SMILES string of the molecule is CCCCC#CC(O)(c1ccc(OC)cc1)P(=O)(OC)OC. The van der Waals surface area contributed by atoms with Crippen molar-refractivity contribution in [3.8, 4) is 17.6 Å². The molecule has 1 aromatic rings. The Morgan fingerprint density at radius 2 is 1.77 bits per heavy atom. The van der Waals surface area contributed by atoms with Crippen molar-refractivity contribution in [2.75, 3.05) is 21.3 Å². The fourth-order valence-corrected chi connectivity index (χ4v) is 3.27. The van der Waals surface area contributed by atoms with Crippen molar-refractivity contribution in [3.05, 3.63) is 29.8 Å². The maximum atomic E-state index is 12.8. The van der Waals surface area contributed by atoms with Gasteiger partial charge < -0.3 is 18.9 Å². The lowest BCUT2D eigenvalue weighted by Gasteiger charge is -2.29. The average Bonchev–Trinajstić information content (AvgIpc) is 2.57. The van der Waals surface area contributed by atoms with Crippen LogP contribution in [0.15, 0.2) is 24.3 Å². The summed E-state index contributed by atoms with van der Waals surface area (Å²) >= 11 is 0. The molecule has 0 bridgehead atoms. The predicted octanol–water partition coefficient (Wildman–Crippen LogP) is 3.52. The molecule has 0 aliphatic rings. The third-order valence-electron chi connectivity index (χ3n) is 3.29. The Bertz CT molecular complexity index is 564. The molecule has 0 aliphatic heterocycles. The maximum Gasteiger partial charge on any atom is 0.378 e. The van der Waals surface area contributed by atoms with E-state index < -0.39 is 12.9 Å². The molecule has 1 atom stereocenters. The van der Waals surface area contributed by atoms with Gasteiger partial charge in [0.2, 0.25) is 0 Å². The lowest BCUT2D eigenvalue weighted by Crippen LogP contribution is -2.25. The minimum Gasteiger partial charge on any atom is -0.497 e. The van der Waals surface area contributed by atoms with Crippen molar-refractivity contribution in [2.45, 2.75) is 31.5 Å². The number of hydrogen-bond donors (Lipinski definition) is 1. The van der Waals surface area contributed by atoms with Crippen molar-refractivity contribution in [1.82, 2.24) is 0 Å². The van der Waals surface area contributed by atoms with E-state index in [9.17, 15) is 9.67 Å². The summed E-state index contributed by atoms with van der Waals surface area (Å²) in [6.45, 7) is 2.05. The second-order valence-electron chi connectivity index (χ2n) is 4.67. The standard InChI is InChI=1S/C16H23O5P/c1-5-6-7-8-13-16(17,22(18,20-3)21-4)14-9-11-15(19-2)12-10-14/h9-12,17H,5-7H2,1-4H3. The average molecular weight is 326 g/mol. The van der Waals surface area contributed by atoms with Crippen molar-refractivity contribution in [1.29, 1.82) is 0 Å². The van der Waals surface area contributed by atoms with Gasteiger partial charge in [0.25, 0.3) is 5.34 Å². The maximum absolute atomic E-state index is 12.8. The van der Waals surface area contributed by atoms with Crippen molar-refractivity contribution in [2.24, 2.45) is 0 Å². The molecule has 1 rings (SSSR count). The fraction of sp³-hybridized carbons (Fsp3) is 0.500. The zero-order valence-electron chi connectivity index (χ0n) is 13.5. The van der Waals surface area contributed by atoms with E-state index in [1.165, 1.54) is 14.2 Å². The molecule has 1 aromatic carbocycles. The third kappa shape index (κ3) is 3.91. The van der Waals surface area contributed by atoms with Crippen molar-refractivity contribution in [3.63, 3.8) is 0 Å². The van der Waals surface area contributed by atoms with E-state index in [4.69, 9.17) is 13.8 Å². The van der Waals surface area contributed by atoms with Gasteiger partial charge in [-0.3, -0.25) is 4.57 Å². The monoisotopic (exact) mass is 326 g/mol. The molecule has 0 heterocycles. The number of benzene rings is 1. The Labute approximate surface area is 132 Å².